The van der Waals surface area contributed by atoms with Gasteiger partial charge in [0, 0.05) is 5.92 Å². The number of aromatic amines is 1. The average molecular weight is 262 g/mol. The van der Waals surface area contributed by atoms with Crippen molar-refractivity contribution in [1.29, 1.82) is 0 Å². The molecular formula is C9H10N8S. The number of hydrogen-bond donors (Lipinski definition) is 1. The van der Waals surface area contributed by atoms with Gasteiger partial charge in [0.15, 0.2) is 5.65 Å². The minimum Gasteiger partial charge on any atom is -0.262 e. The van der Waals surface area contributed by atoms with Crippen molar-refractivity contribution in [2.45, 2.75) is 29.9 Å². The summed E-state index contributed by atoms with van der Waals surface area (Å²) in [6.07, 6.45) is 0. The molecule has 18 heavy (non-hydrogen) atoms. The molecule has 0 aliphatic carbocycles. The van der Waals surface area contributed by atoms with Gasteiger partial charge in [-0.3, -0.25) is 5.10 Å². The maximum Gasteiger partial charge on any atom is 0.214 e. The summed E-state index contributed by atoms with van der Waals surface area (Å²) >= 11 is 1.36. The van der Waals surface area contributed by atoms with Crippen LogP contribution in [0.15, 0.2) is 22.3 Å². The number of nitrogens with zero attached hydrogens (tertiary/aromatic N) is 7. The summed E-state index contributed by atoms with van der Waals surface area (Å²) in [6, 6.07) is 3.63. The summed E-state index contributed by atoms with van der Waals surface area (Å²) in [5.41, 5.74) is 0.609. The van der Waals surface area contributed by atoms with Crippen molar-refractivity contribution in [2.24, 2.45) is 0 Å². The monoisotopic (exact) mass is 262 g/mol. The summed E-state index contributed by atoms with van der Waals surface area (Å²) in [7, 11) is 0. The highest BCUT2D eigenvalue weighted by Crippen LogP contribution is 2.23. The molecular weight excluding hydrogens is 252 g/mol. The molecule has 3 rings (SSSR count). The Morgan fingerprint density at radius 1 is 1.33 bits per heavy atom. The zero-order valence-electron chi connectivity index (χ0n) is 9.77. The van der Waals surface area contributed by atoms with Crippen LogP contribution in [0.5, 0.6) is 0 Å². The topological polar surface area (TPSA) is 97.5 Å². The van der Waals surface area contributed by atoms with Crippen LogP contribution in [0.1, 0.15) is 25.6 Å². The summed E-state index contributed by atoms with van der Waals surface area (Å²) in [6.45, 7) is 4.11. The van der Waals surface area contributed by atoms with Crippen molar-refractivity contribution in [3.63, 3.8) is 0 Å². The smallest absolute Gasteiger partial charge is 0.214 e. The Kier molecular flexibility index (Phi) is 2.67. The molecule has 0 saturated carbocycles. The lowest BCUT2D eigenvalue weighted by atomic mass is 10.2. The maximum atomic E-state index is 4.37. The van der Waals surface area contributed by atoms with Crippen molar-refractivity contribution in [3.05, 3.63) is 18.0 Å². The van der Waals surface area contributed by atoms with E-state index in [1.54, 1.807) is 6.07 Å². The zero-order valence-corrected chi connectivity index (χ0v) is 10.6. The van der Waals surface area contributed by atoms with Crippen LogP contribution in [0.25, 0.3) is 5.65 Å². The molecule has 0 unspecified atom stereocenters. The summed E-state index contributed by atoms with van der Waals surface area (Å²) in [4.78, 5) is 4.37. The Morgan fingerprint density at radius 2 is 2.22 bits per heavy atom. The van der Waals surface area contributed by atoms with Gasteiger partial charge in [0.05, 0.1) is 0 Å². The molecule has 0 amide bonds. The van der Waals surface area contributed by atoms with Gasteiger partial charge in [0.2, 0.25) is 5.16 Å². The lowest BCUT2D eigenvalue weighted by Gasteiger charge is -1.96. The van der Waals surface area contributed by atoms with Crippen molar-refractivity contribution in [1.82, 2.24) is 40.4 Å². The maximum absolute atomic E-state index is 4.37. The van der Waals surface area contributed by atoms with E-state index in [-0.39, 0.29) is 0 Å². The third-order valence-electron chi connectivity index (χ3n) is 2.27. The van der Waals surface area contributed by atoms with Crippen molar-refractivity contribution in [2.75, 3.05) is 0 Å². The van der Waals surface area contributed by atoms with Gasteiger partial charge in [0.25, 0.3) is 0 Å². The molecule has 92 valence electrons. The molecule has 1 N–H and O–H groups in total. The number of H-pyrrole nitrogens is 1. The Bertz CT molecular complexity index is 672. The van der Waals surface area contributed by atoms with E-state index in [0.717, 1.165) is 10.9 Å². The third kappa shape index (κ3) is 2.04. The minimum absolute atomic E-state index is 0.321. The molecule has 0 aliphatic heterocycles. The van der Waals surface area contributed by atoms with E-state index in [9.17, 15) is 0 Å². The van der Waals surface area contributed by atoms with Crippen LogP contribution in [0.2, 0.25) is 0 Å². The van der Waals surface area contributed by atoms with E-state index in [1.807, 2.05) is 6.07 Å². The average Bonchev–Trinajstić information content (AvgIpc) is 2.96. The molecule has 0 aromatic carbocycles. The normalized spacial score (nSPS) is 11.5. The number of tetrazole rings is 1. The highest BCUT2D eigenvalue weighted by molar-refractivity contribution is 7.99. The van der Waals surface area contributed by atoms with E-state index in [1.165, 1.54) is 16.4 Å². The lowest BCUT2D eigenvalue weighted by molar-refractivity contribution is 0.702. The van der Waals surface area contributed by atoms with Gasteiger partial charge in [-0.1, -0.05) is 13.8 Å². The molecule has 0 atom stereocenters. The van der Waals surface area contributed by atoms with Crippen molar-refractivity contribution in [3.8, 4) is 0 Å². The molecule has 8 nitrogen and oxygen atoms in total. The van der Waals surface area contributed by atoms with E-state index < -0.39 is 0 Å². The fraction of sp³-hybridized carbons (Fsp3) is 0.333. The summed E-state index contributed by atoms with van der Waals surface area (Å²) in [5.74, 6) is 1.18. The molecule has 3 aromatic heterocycles. The first kappa shape index (κ1) is 11.1. The second kappa shape index (κ2) is 4.33. The van der Waals surface area contributed by atoms with Crippen molar-refractivity contribution < 1.29 is 0 Å². The van der Waals surface area contributed by atoms with Gasteiger partial charge in [-0.2, -0.15) is 0 Å². The van der Waals surface area contributed by atoms with Gasteiger partial charge < -0.3 is 0 Å². The first-order chi connectivity index (χ1) is 8.72. The van der Waals surface area contributed by atoms with Crippen LogP contribution in [0, 0.1) is 0 Å². The van der Waals surface area contributed by atoms with Crippen molar-refractivity contribution >= 4 is 17.4 Å². The molecule has 0 aliphatic rings. The van der Waals surface area contributed by atoms with Crippen LogP contribution in [0.4, 0.5) is 0 Å². The van der Waals surface area contributed by atoms with Gasteiger partial charge in [0.1, 0.15) is 10.9 Å². The predicted octanol–water partition coefficient (Wildman–Crippen LogP) is 0.912. The van der Waals surface area contributed by atoms with E-state index in [4.69, 9.17) is 0 Å². The van der Waals surface area contributed by atoms with Crippen LogP contribution in [-0.4, -0.2) is 40.4 Å². The lowest BCUT2D eigenvalue weighted by Crippen LogP contribution is -1.95. The zero-order chi connectivity index (χ0) is 12.5. The van der Waals surface area contributed by atoms with Gasteiger partial charge in [-0.05, 0) is 34.3 Å². The molecule has 9 heteroatoms. The molecule has 0 bridgehead atoms. The first-order valence-corrected chi connectivity index (χ1v) is 6.19. The Hall–Kier alpha value is -2.03. The highest BCUT2D eigenvalue weighted by Gasteiger charge is 2.09. The van der Waals surface area contributed by atoms with Crippen LogP contribution in [-0.2, 0) is 0 Å². The largest absolute Gasteiger partial charge is 0.262 e. The predicted molar refractivity (Wildman–Crippen MR) is 63.2 cm³/mol. The second-order valence-corrected chi connectivity index (χ2v) is 4.95. The van der Waals surface area contributed by atoms with E-state index >= 15 is 0 Å². The van der Waals surface area contributed by atoms with Crippen LogP contribution >= 0.6 is 11.8 Å². The van der Waals surface area contributed by atoms with Crippen LogP contribution in [0.3, 0.4) is 0 Å². The quantitative estimate of drug-likeness (QED) is 0.749. The van der Waals surface area contributed by atoms with Gasteiger partial charge in [-0.15, -0.1) is 19.9 Å². The standard InChI is InChI=1S/C9H10N8S/c1-5(2)8-10-9(13-12-8)18-7-4-3-6-11-15-16-17(6)14-7/h3-5H,1-2H3,(H,10,12,13). The van der Waals surface area contributed by atoms with Gasteiger partial charge in [-0.25, -0.2) is 4.98 Å². The SMILES string of the molecule is CC(C)c1nc(Sc2ccc3nnnn3n2)n[nH]1. The second-order valence-electron chi connectivity index (χ2n) is 3.96. The van der Waals surface area contributed by atoms with E-state index in [0.29, 0.717) is 16.7 Å². The summed E-state index contributed by atoms with van der Waals surface area (Å²) < 4.78 is 1.37. The number of fused-ring (bicyclic) bond motifs is 1. The Balaban J connectivity index is 1.86. The number of nitrogens with one attached hydrogen (secondary N) is 1. The first-order valence-electron chi connectivity index (χ1n) is 5.38. The minimum atomic E-state index is 0.321. The Morgan fingerprint density at radius 3 is 3.00 bits per heavy atom. The summed E-state index contributed by atoms with van der Waals surface area (Å²) in [5, 5.41) is 23.7. The van der Waals surface area contributed by atoms with Crippen LogP contribution < -0.4 is 0 Å². The number of rotatable bonds is 3. The number of hydrogen-bond acceptors (Lipinski definition) is 7. The highest BCUT2D eigenvalue weighted by atomic mass is 32.2. The Labute approximate surface area is 106 Å². The molecule has 3 aromatic rings. The third-order valence-corrected chi connectivity index (χ3v) is 3.06. The molecule has 3 heterocycles. The molecule has 0 fully saturated rings. The molecule has 0 spiro atoms. The fourth-order valence-electron chi connectivity index (χ4n) is 1.34. The van der Waals surface area contributed by atoms with E-state index in [2.05, 4.69) is 49.7 Å². The molecule has 0 saturated heterocycles. The fourth-order valence-corrected chi connectivity index (χ4v) is 2.02. The van der Waals surface area contributed by atoms with Gasteiger partial charge >= 0.3 is 0 Å². The molecule has 0 radical (unpaired) electrons. The number of aromatic nitrogens is 8.